The Morgan fingerprint density at radius 2 is 2.00 bits per heavy atom. The number of nitrogens with zero attached hydrogens (tertiary/aromatic N) is 4. The zero-order chi connectivity index (χ0) is 22.2. The van der Waals surface area contributed by atoms with Crippen LogP contribution in [0.1, 0.15) is 27.6 Å². The molecule has 2 amide bonds. The molecule has 0 radical (unpaired) electrons. The van der Waals surface area contributed by atoms with Gasteiger partial charge in [-0.1, -0.05) is 17.3 Å². The van der Waals surface area contributed by atoms with Crippen LogP contribution in [-0.2, 0) is 4.79 Å². The van der Waals surface area contributed by atoms with E-state index in [0.717, 1.165) is 11.1 Å². The van der Waals surface area contributed by atoms with Crippen molar-refractivity contribution >= 4 is 28.6 Å². The zero-order valence-corrected chi connectivity index (χ0v) is 17.4. The highest BCUT2D eigenvalue weighted by molar-refractivity contribution is 5.98. The number of likely N-dealkylation sites (tertiary alicyclic amines) is 1. The Labute approximate surface area is 183 Å². The number of ketones is 1. The highest BCUT2D eigenvalue weighted by atomic mass is 16.5. The van der Waals surface area contributed by atoms with E-state index in [9.17, 15) is 14.4 Å². The summed E-state index contributed by atoms with van der Waals surface area (Å²) in [6, 6.07) is 12.2. The van der Waals surface area contributed by atoms with Crippen LogP contribution in [0.3, 0.4) is 0 Å². The predicted molar refractivity (Wildman–Crippen MR) is 115 cm³/mol. The number of nitrogens with one attached hydrogen (secondary N) is 1. The van der Waals surface area contributed by atoms with Gasteiger partial charge in [0.15, 0.2) is 12.4 Å². The van der Waals surface area contributed by atoms with E-state index in [-0.39, 0.29) is 30.1 Å². The minimum Gasteiger partial charge on any atom is -0.483 e. The van der Waals surface area contributed by atoms with Crippen LogP contribution in [-0.4, -0.2) is 69.0 Å². The average molecular weight is 431 g/mol. The minimum atomic E-state index is -0.145. The Morgan fingerprint density at radius 1 is 1.16 bits per heavy atom. The monoisotopic (exact) mass is 431 g/mol. The number of carbonyl (C=O) groups excluding carboxylic acids is 3. The van der Waals surface area contributed by atoms with E-state index >= 15 is 0 Å². The maximum absolute atomic E-state index is 12.9. The average Bonchev–Trinajstić information content (AvgIpc) is 3.51. The van der Waals surface area contributed by atoms with Crippen molar-refractivity contribution in [2.45, 2.75) is 6.92 Å². The lowest BCUT2D eigenvalue weighted by Crippen LogP contribution is -2.35. The molecule has 0 saturated carbocycles. The van der Waals surface area contributed by atoms with Gasteiger partial charge in [0.2, 0.25) is 0 Å². The normalized spacial score (nSPS) is 17.4. The fourth-order valence-corrected chi connectivity index (χ4v) is 4.20. The Bertz CT molecular complexity index is 1260. The molecule has 2 aromatic carbocycles. The van der Waals surface area contributed by atoms with Crippen molar-refractivity contribution in [3.63, 3.8) is 0 Å². The van der Waals surface area contributed by atoms with E-state index in [1.54, 1.807) is 52.3 Å². The van der Waals surface area contributed by atoms with E-state index in [1.165, 1.54) is 6.92 Å². The smallest absolute Gasteiger partial charge is 0.260 e. The molecular formula is C23H21N5O4. The van der Waals surface area contributed by atoms with Crippen LogP contribution < -0.4 is 4.74 Å². The van der Waals surface area contributed by atoms with E-state index in [2.05, 4.69) is 15.4 Å². The summed E-state index contributed by atoms with van der Waals surface area (Å²) < 4.78 is 5.63. The van der Waals surface area contributed by atoms with Crippen molar-refractivity contribution in [1.82, 2.24) is 25.2 Å². The van der Waals surface area contributed by atoms with Crippen LogP contribution >= 0.6 is 0 Å². The molecule has 2 aliphatic rings. The van der Waals surface area contributed by atoms with Crippen LogP contribution in [0.25, 0.3) is 11.0 Å². The third-order valence-corrected chi connectivity index (χ3v) is 5.88. The zero-order valence-electron chi connectivity index (χ0n) is 17.4. The second-order valence-corrected chi connectivity index (χ2v) is 8.02. The standard InChI is InChI=1S/C23H21N5O4/c1-14(29)18-4-2-3-5-21(18)32-13-22(30)27-9-16-11-28(12-17(16)10-27)23(31)15-6-7-19-20(8-15)25-26-24-19/h2-8,11,17H,9-10,12-13H2,1H3,(H,24,25,26)/t17-/m0/s1. The van der Waals surface area contributed by atoms with Crippen molar-refractivity contribution < 1.29 is 19.1 Å². The van der Waals surface area contributed by atoms with Crippen molar-refractivity contribution in [2.24, 2.45) is 5.92 Å². The van der Waals surface area contributed by atoms with Gasteiger partial charge in [-0.3, -0.25) is 19.5 Å². The van der Waals surface area contributed by atoms with Gasteiger partial charge in [0, 0.05) is 37.3 Å². The van der Waals surface area contributed by atoms with Gasteiger partial charge in [0.05, 0.1) is 11.1 Å². The number of carbonyl (C=O) groups is 3. The fraction of sp³-hybridized carbons (Fsp3) is 0.261. The number of rotatable bonds is 5. The number of H-pyrrole nitrogens is 1. The first-order valence-electron chi connectivity index (χ1n) is 10.3. The molecule has 9 nitrogen and oxygen atoms in total. The van der Waals surface area contributed by atoms with Crippen molar-refractivity contribution in [3.05, 3.63) is 65.4 Å². The molecule has 3 heterocycles. The molecular weight excluding hydrogens is 410 g/mol. The number of amides is 2. The molecule has 0 aliphatic carbocycles. The van der Waals surface area contributed by atoms with E-state index in [0.29, 0.717) is 42.0 Å². The number of benzene rings is 2. The molecule has 1 fully saturated rings. The van der Waals surface area contributed by atoms with Gasteiger partial charge in [-0.15, -0.1) is 5.10 Å². The van der Waals surface area contributed by atoms with Gasteiger partial charge in [-0.05, 0) is 42.8 Å². The molecule has 1 aromatic heterocycles. The summed E-state index contributed by atoms with van der Waals surface area (Å²) in [5.41, 5.74) is 3.48. The molecule has 9 heteroatoms. The highest BCUT2D eigenvalue weighted by Crippen LogP contribution is 2.31. The molecule has 0 bridgehead atoms. The lowest BCUT2D eigenvalue weighted by molar-refractivity contribution is -0.132. The van der Waals surface area contributed by atoms with Crippen molar-refractivity contribution in [2.75, 3.05) is 26.2 Å². The van der Waals surface area contributed by atoms with Gasteiger partial charge < -0.3 is 14.5 Å². The molecule has 0 spiro atoms. The molecule has 3 aromatic rings. The van der Waals surface area contributed by atoms with E-state index < -0.39 is 0 Å². The third kappa shape index (κ3) is 3.62. The lowest BCUT2D eigenvalue weighted by atomic mass is 10.1. The van der Waals surface area contributed by atoms with Crippen molar-refractivity contribution in [1.29, 1.82) is 0 Å². The predicted octanol–water partition coefficient (Wildman–Crippen LogP) is 2.04. The molecule has 32 heavy (non-hydrogen) atoms. The van der Waals surface area contributed by atoms with Gasteiger partial charge in [0.1, 0.15) is 11.3 Å². The third-order valence-electron chi connectivity index (χ3n) is 5.88. The van der Waals surface area contributed by atoms with Crippen molar-refractivity contribution in [3.8, 4) is 5.75 Å². The lowest BCUT2D eigenvalue weighted by Gasteiger charge is -2.20. The van der Waals surface area contributed by atoms with Gasteiger partial charge >= 0.3 is 0 Å². The molecule has 2 aliphatic heterocycles. The summed E-state index contributed by atoms with van der Waals surface area (Å²) in [5.74, 6) is 0.171. The Kier molecular flexibility index (Phi) is 4.93. The molecule has 1 saturated heterocycles. The molecule has 5 rings (SSSR count). The van der Waals surface area contributed by atoms with Gasteiger partial charge in [-0.25, -0.2) is 0 Å². The summed E-state index contributed by atoms with van der Waals surface area (Å²) in [6.45, 7) is 2.87. The summed E-state index contributed by atoms with van der Waals surface area (Å²) in [5, 5.41) is 10.5. The topological polar surface area (TPSA) is 108 Å². The number of hydrogen-bond donors (Lipinski definition) is 1. The summed E-state index contributed by atoms with van der Waals surface area (Å²) in [4.78, 5) is 40.7. The highest BCUT2D eigenvalue weighted by Gasteiger charge is 2.37. The Hall–Kier alpha value is -4.01. The molecule has 1 atom stereocenters. The minimum absolute atomic E-state index is 0.0983. The second-order valence-electron chi connectivity index (χ2n) is 8.02. The van der Waals surface area contributed by atoms with Crippen LogP contribution in [0.5, 0.6) is 5.75 Å². The van der Waals surface area contributed by atoms with Gasteiger partial charge in [-0.2, -0.15) is 0 Å². The fourth-order valence-electron chi connectivity index (χ4n) is 4.20. The molecule has 0 unspecified atom stereocenters. The quantitative estimate of drug-likeness (QED) is 0.620. The molecule has 1 N–H and O–H groups in total. The number of aromatic nitrogens is 3. The second kappa shape index (κ2) is 7.92. The van der Waals surface area contributed by atoms with Crippen LogP contribution in [0.2, 0.25) is 0 Å². The van der Waals surface area contributed by atoms with E-state index in [1.807, 2.05) is 6.20 Å². The SMILES string of the molecule is CC(=O)c1ccccc1OCC(=O)N1CC2=CN(C(=O)c3ccc4[nH]nnc4c3)C[C@@H]2C1. The first-order valence-corrected chi connectivity index (χ1v) is 10.3. The summed E-state index contributed by atoms with van der Waals surface area (Å²) in [7, 11) is 0. The van der Waals surface area contributed by atoms with Crippen LogP contribution in [0, 0.1) is 5.92 Å². The number of aromatic amines is 1. The van der Waals surface area contributed by atoms with Crippen LogP contribution in [0.4, 0.5) is 0 Å². The van der Waals surface area contributed by atoms with E-state index in [4.69, 9.17) is 4.74 Å². The largest absolute Gasteiger partial charge is 0.483 e. The number of hydrogen-bond acceptors (Lipinski definition) is 6. The first kappa shape index (κ1) is 19.9. The first-order chi connectivity index (χ1) is 15.5. The number of Topliss-reactive ketones (excluding diaryl/α,β-unsaturated/α-hetero) is 1. The number of para-hydroxylation sites is 1. The summed E-state index contributed by atoms with van der Waals surface area (Å²) >= 11 is 0. The van der Waals surface area contributed by atoms with Crippen LogP contribution in [0.15, 0.2) is 54.2 Å². The maximum Gasteiger partial charge on any atom is 0.260 e. The number of fused-ring (bicyclic) bond motifs is 2. The molecule has 162 valence electrons. The summed E-state index contributed by atoms with van der Waals surface area (Å²) in [6.07, 6.45) is 1.85. The number of ether oxygens (including phenoxy) is 1. The Morgan fingerprint density at radius 3 is 2.81 bits per heavy atom. The maximum atomic E-state index is 12.9. The Balaban J connectivity index is 1.21. The van der Waals surface area contributed by atoms with Gasteiger partial charge in [0.25, 0.3) is 11.8 Å².